The van der Waals surface area contributed by atoms with Gasteiger partial charge in [-0.15, -0.1) is 0 Å². The van der Waals surface area contributed by atoms with Gasteiger partial charge in [0.2, 0.25) is 18.1 Å². The van der Waals surface area contributed by atoms with Crippen LogP contribution < -0.4 is 20.2 Å². The summed E-state index contributed by atoms with van der Waals surface area (Å²) in [6, 6.07) is 14.7. The van der Waals surface area contributed by atoms with E-state index in [0.717, 1.165) is 0 Å². The number of rotatable bonds is 5. The van der Waals surface area contributed by atoms with Crippen molar-refractivity contribution < 1.29 is 19.1 Å². The number of aryl methyl sites for hydroxylation is 1. The summed E-state index contributed by atoms with van der Waals surface area (Å²) in [5, 5.41) is 3.53. The molecule has 4 aromatic rings. The average molecular weight is 476 g/mol. The Bertz CT molecular complexity index is 1510. The molecule has 1 N–H and O–H groups in total. The van der Waals surface area contributed by atoms with E-state index in [2.05, 4.69) is 10.3 Å². The Kier molecular flexibility index (Phi) is 5.51. The molecule has 3 heterocycles. The van der Waals surface area contributed by atoms with Crippen LogP contribution in [0, 0.1) is 6.92 Å². The summed E-state index contributed by atoms with van der Waals surface area (Å²) in [6.07, 6.45) is 1.38. The number of ether oxygens (including phenoxy) is 2. The third kappa shape index (κ3) is 4.11. The Labute approximate surface area is 198 Å². The lowest BCUT2D eigenvalue weighted by Gasteiger charge is -2.13. The van der Waals surface area contributed by atoms with Crippen molar-refractivity contribution in [1.29, 1.82) is 0 Å². The quantitative estimate of drug-likeness (QED) is 0.439. The second kappa shape index (κ2) is 8.64. The molecule has 0 fully saturated rings. The van der Waals surface area contributed by atoms with Crippen molar-refractivity contribution in [2.75, 3.05) is 12.1 Å². The Balaban J connectivity index is 1.51. The Morgan fingerprint density at radius 1 is 1.06 bits per heavy atom. The third-order valence-electron chi connectivity index (χ3n) is 5.38. The molecule has 2 aromatic carbocycles. The predicted octanol–water partition coefficient (Wildman–Crippen LogP) is 3.96. The molecule has 0 saturated heterocycles. The summed E-state index contributed by atoms with van der Waals surface area (Å²) in [7, 11) is 0. The van der Waals surface area contributed by atoms with Crippen LogP contribution in [-0.4, -0.2) is 28.0 Å². The van der Waals surface area contributed by atoms with Crippen LogP contribution in [0.5, 0.6) is 11.5 Å². The van der Waals surface area contributed by atoms with Crippen molar-refractivity contribution in [1.82, 2.24) is 9.55 Å². The summed E-state index contributed by atoms with van der Waals surface area (Å²) in [4.78, 5) is 43.6. The number of fused-ring (bicyclic) bond motifs is 2. The first-order valence-corrected chi connectivity index (χ1v) is 10.8. The molecule has 0 radical (unpaired) electrons. The fourth-order valence-corrected chi connectivity index (χ4v) is 3.85. The monoisotopic (exact) mass is 475 g/mol. The number of halogens is 1. The van der Waals surface area contributed by atoms with Gasteiger partial charge >= 0.3 is 0 Å². The molecule has 5 rings (SSSR count). The van der Waals surface area contributed by atoms with Crippen LogP contribution in [0.3, 0.4) is 0 Å². The molecule has 9 heteroatoms. The molecule has 0 saturated carbocycles. The van der Waals surface area contributed by atoms with Gasteiger partial charge in [-0.1, -0.05) is 11.6 Å². The zero-order valence-electron chi connectivity index (χ0n) is 18.0. The highest BCUT2D eigenvalue weighted by Gasteiger charge is 2.20. The van der Waals surface area contributed by atoms with Crippen molar-refractivity contribution in [2.24, 2.45) is 0 Å². The Morgan fingerprint density at radius 2 is 1.82 bits per heavy atom. The number of carbonyl (C=O) groups is 2. The molecule has 0 bridgehead atoms. The van der Waals surface area contributed by atoms with Gasteiger partial charge < -0.3 is 19.4 Å². The molecular formula is C25H18ClN3O5. The molecule has 1 aliphatic heterocycles. The van der Waals surface area contributed by atoms with Gasteiger partial charge in [0, 0.05) is 34.2 Å². The van der Waals surface area contributed by atoms with Crippen molar-refractivity contribution in [2.45, 2.75) is 13.5 Å². The van der Waals surface area contributed by atoms with Crippen LogP contribution in [0.4, 0.5) is 5.69 Å². The van der Waals surface area contributed by atoms with Gasteiger partial charge in [-0.05, 0) is 55.5 Å². The van der Waals surface area contributed by atoms with Crippen molar-refractivity contribution in [3.05, 3.63) is 92.9 Å². The molecule has 2 aromatic heterocycles. The van der Waals surface area contributed by atoms with Crippen molar-refractivity contribution >= 4 is 40.0 Å². The van der Waals surface area contributed by atoms with E-state index in [1.54, 1.807) is 61.5 Å². The van der Waals surface area contributed by atoms with E-state index in [9.17, 15) is 14.4 Å². The predicted molar refractivity (Wildman–Crippen MR) is 127 cm³/mol. The van der Waals surface area contributed by atoms with E-state index in [1.807, 2.05) is 0 Å². The number of hydrogen-bond donors (Lipinski definition) is 1. The van der Waals surface area contributed by atoms with E-state index in [4.69, 9.17) is 21.1 Å². The summed E-state index contributed by atoms with van der Waals surface area (Å²) < 4.78 is 12.1. The maximum Gasteiger partial charge on any atom is 0.244 e. The molecule has 1 amide bonds. The van der Waals surface area contributed by atoms with Crippen molar-refractivity contribution in [3.8, 4) is 11.5 Å². The molecule has 34 heavy (non-hydrogen) atoms. The Morgan fingerprint density at radius 3 is 2.62 bits per heavy atom. The molecule has 0 aliphatic carbocycles. The minimum absolute atomic E-state index is 0.0589. The SMILES string of the molecule is Cc1ccc2c(=O)c(C(=O)c3ccc(Cl)cc3)cn(CC(=O)Nc3ccc4c(c3)OCO4)c2n1. The van der Waals surface area contributed by atoms with Crippen molar-refractivity contribution in [3.63, 3.8) is 0 Å². The molecule has 8 nitrogen and oxygen atoms in total. The summed E-state index contributed by atoms with van der Waals surface area (Å²) in [6.45, 7) is 1.75. The zero-order valence-corrected chi connectivity index (χ0v) is 18.8. The Hall–Kier alpha value is -4.17. The smallest absolute Gasteiger partial charge is 0.244 e. The fraction of sp³-hybridized carbons (Fsp3) is 0.120. The number of amides is 1. The minimum Gasteiger partial charge on any atom is -0.454 e. The first-order chi connectivity index (χ1) is 16.4. The normalized spacial score (nSPS) is 12.1. The van der Waals surface area contributed by atoms with Crippen LogP contribution >= 0.6 is 11.6 Å². The molecule has 0 spiro atoms. The lowest BCUT2D eigenvalue weighted by Crippen LogP contribution is -2.25. The van der Waals surface area contributed by atoms with E-state index >= 15 is 0 Å². The zero-order chi connectivity index (χ0) is 23.8. The number of ketones is 1. The number of hydrogen-bond acceptors (Lipinski definition) is 6. The van der Waals surface area contributed by atoms with Gasteiger partial charge in [0.1, 0.15) is 12.2 Å². The second-order valence-electron chi connectivity index (χ2n) is 7.78. The van der Waals surface area contributed by atoms with Gasteiger partial charge in [-0.2, -0.15) is 0 Å². The lowest BCUT2D eigenvalue weighted by atomic mass is 10.0. The van der Waals surface area contributed by atoms with Crippen LogP contribution in [-0.2, 0) is 11.3 Å². The van der Waals surface area contributed by atoms with Crippen LogP contribution in [0.15, 0.2) is 65.6 Å². The van der Waals surface area contributed by atoms with E-state index in [0.29, 0.717) is 39.1 Å². The first-order valence-electron chi connectivity index (χ1n) is 10.4. The van der Waals surface area contributed by atoms with E-state index < -0.39 is 11.2 Å². The summed E-state index contributed by atoms with van der Waals surface area (Å²) in [5.41, 5.74) is 1.33. The van der Waals surface area contributed by atoms with Gasteiger partial charge in [-0.3, -0.25) is 14.4 Å². The summed E-state index contributed by atoms with van der Waals surface area (Å²) >= 11 is 5.92. The lowest BCUT2D eigenvalue weighted by molar-refractivity contribution is -0.116. The van der Waals surface area contributed by atoms with Gasteiger partial charge in [-0.25, -0.2) is 4.98 Å². The number of pyridine rings is 2. The van der Waals surface area contributed by atoms with Crippen LogP contribution in [0.25, 0.3) is 11.0 Å². The molecule has 0 atom stereocenters. The highest BCUT2D eigenvalue weighted by molar-refractivity contribution is 6.30. The molecule has 0 unspecified atom stereocenters. The fourth-order valence-electron chi connectivity index (χ4n) is 3.73. The number of aromatic nitrogens is 2. The summed E-state index contributed by atoms with van der Waals surface area (Å²) in [5.74, 6) is 0.320. The highest BCUT2D eigenvalue weighted by atomic mass is 35.5. The van der Waals surface area contributed by atoms with Crippen LogP contribution in [0.1, 0.15) is 21.6 Å². The van der Waals surface area contributed by atoms with E-state index in [1.165, 1.54) is 10.8 Å². The first kappa shape index (κ1) is 21.7. The molecule has 1 aliphatic rings. The largest absolute Gasteiger partial charge is 0.454 e. The maximum atomic E-state index is 13.1. The molecular weight excluding hydrogens is 458 g/mol. The average Bonchev–Trinajstić information content (AvgIpc) is 3.29. The standard InChI is InChI=1S/C25H18ClN3O5/c1-14-2-8-18-24(32)19(23(31)15-3-5-16(26)6-4-15)11-29(25(18)27-14)12-22(30)28-17-7-9-20-21(10-17)34-13-33-20/h2-11H,12-13H2,1H3,(H,28,30). The van der Waals surface area contributed by atoms with Gasteiger partial charge in [0.05, 0.1) is 10.9 Å². The molecule has 170 valence electrons. The number of benzene rings is 2. The number of carbonyl (C=O) groups excluding carboxylic acids is 2. The van der Waals surface area contributed by atoms with Gasteiger partial charge in [0.15, 0.2) is 17.3 Å². The minimum atomic E-state index is -0.464. The number of anilines is 1. The third-order valence-corrected chi connectivity index (χ3v) is 5.63. The van der Waals surface area contributed by atoms with Crippen LogP contribution in [0.2, 0.25) is 5.02 Å². The number of nitrogens with zero attached hydrogens (tertiary/aromatic N) is 2. The van der Waals surface area contributed by atoms with Gasteiger partial charge in [0.25, 0.3) is 0 Å². The topological polar surface area (TPSA) is 99.5 Å². The van der Waals surface area contributed by atoms with E-state index in [-0.39, 0.29) is 30.2 Å². The highest BCUT2D eigenvalue weighted by Crippen LogP contribution is 2.34. The number of nitrogens with one attached hydrogen (secondary N) is 1. The second-order valence-corrected chi connectivity index (χ2v) is 8.21. The maximum absolute atomic E-state index is 13.1.